The van der Waals surface area contributed by atoms with Gasteiger partial charge in [0.2, 0.25) is 0 Å². The number of ether oxygens (including phenoxy) is 1. The molecule has 1 heterocycles. The first-order chi connectivity index (χ1) is 7.15. The number of hydrogen-bond donors (Lipinski definition) is 0. The van der Waals surface area contributed by atoms with Crippen molar-refractivity contribution in [1.82, 2.24) is 4.98 Å². The van der Waals surface area contributed by atoms with Crippen LogP contribution in [0.3, 0.4) is 0 Å². The number of aromatic nitrogens is 1. The van der Waals surface area contributed by atoms with Crippen LogP contribution in [0, 0.1) is 0 Å². The molecule has 1 rings (SSSR count). The molecule has 0 aromatic carbocycles. The highest BCUT2D eigenvalue weighted by Gasteiger charge is 2.09. The normalized spacial score (nSPS) is 10.3. The lowest BCUT2D eigenvalue weighted by Crippen LogP contribution is -2.19. The highest BCUT2D eigenvalue weighted by molar-refractivity contribution is 7.13. The molecule has 5 heteroatoms. The van der Waals surface area contributed by atoms with E-state index in [1.54, 1.807) is 12.5 Å². The van der Waals surface area contributed by atoms with Crippen LogP contribution in [0.5, 0.6) is 0 Å². The van der Waals surface area contributed by atoms with Crippen LogP contribution in [0.25, 0.3) is 0 Å². The zero-order valence-corrected chi connectivity index (χ0v) is 10.1. The molecule has 0 unspecified atom stereocenters. The lowest BCUT2D eigenvalue weighted by Gasteiger charge is -2.14. The van der Waals surface area contributed by atoms with Crippen molar-refractivity contribution in [2.24, 2.45) is 0 Å². The quantitative estimate of drug-likeness (QED) is 0.550. The van der Waals surface area contributed by atoms with E-state index in [-0.39, 0.29) is 5.78 Å². The molecule has 0 aliphatic rings. The number of thiazole rings is 1. The maximum absolute atomic E-state index is 11.0. The topological polar surface area (TPSA) is 42.4 Å². The molecule has 0 aliphatic heterocycles. The predicted octanol–water partition coefficient (Wildman–Crippen LogP) is 1.82. The van der Waals surface area contributed by atoms with Crippen molar-refractivity contribution in [3.63, 3.8) is 0 Å². The number of nitrogens with zero attached hydrogens (tertiary/aromatic N) is 2. The smallest absolute Gasteiger partial charge is 0.185 e. The molecule has 0 saturated heterocycles. The lowest BCUT2D eigenvalue weighted by atomic mass is 10.4. The highest BCUT2D eigenvalue weighted by atomic mass is 32.1. The Balaban J connectivity index is 2.50. The summed E-state index contributed by atoms with van der Waals surface area (Å²) >= 11 is 1.50. The molecule has 0 atom stereocenters. The summed E-state index contributed by atoms with van der Waals surface area (Å²) in [5.41, 5.74) is 0.550. The molecule has 0 saturated carbocycles. The molecule has 0 N–H and O–H groups in total. The molecule has 1 aromatic heterocycles. The third-order valence-corrected chi connectivity index (χ3v) is 2.98. The van der Waals surface area contributed by atoms with E-state index in [1.165, 1.54) is 18.3 Å². The minimum Gasteiger partial charge on any atom is -0.385 e. The van der Waals surface area contributed by atoms with Crippen molar-refractivity contribution in [2.45, 2.75) is 13.3 Å². The fourth-order valence-electron chi connectivity index (χ4n) is 1.14. The van der Waals surface area contributed by atoms with Crippen LogP contribution in [-0.4, -0.2) is 38.1 Å². The van der Waals surface area contributed by atoms with Crippen LogP contribution in [-0.2, 0) is 4.74 Å². The summed E-state index contributed by atoms with van der Waals surface area (Å²) in [7, 11) is 3.66. The van der Waals surface area contributed by atoms with Crippen molar-refractivity contribution in [1.29, 1.82) is 0 Å². The van der Waals surface area contributed by atoms with Gasteiger partial charge in [0.1, 0.15) is 5.69 Å². The van der Waals surface area contributed by atoms with Crippen molar-refractivity contribution < 1.29 is 9.53 Å². The number of carbonyl (C=O) groups excluding carboxylic acids is 1. The molecule has 0 aliphatic carbocycles. The number of hydrogen-bond acceptors (Lipinski definition) is 5. The number of anilines is 1. The molecular weight excluding hydrogens is 212 g/mol. The summed E-state index contributed by atoms with van der Waals surface area (Å²) in [5.74, 6) is 0.0165. The largest absolute Gasteiger partial charge is 0.385 e. The Morgan fingerprint density at radius 2 is 2.40 bits per heavy atom. The Labute approximate surface area is 93.9 Å². The van der Waals surface area contributed by atoms with Crippen LogP contribution in [0.2, 0.25) is 0 Å². The second kappa shape index (κ2) is 5.82. The zero-order chi connectivity index (χ0) is 11.3. The zero-order valence-electron chi connectivity index (χ0n) is 9.32. The van der Waals surface area contributed by atoms with Gasteiger partial charge in [-0.05, 0) is 6.42 Å². The van der Waals surface area contributed by atoms with Crippen LogP contribution in [0.1, 0.15) is 23.8 Å². The van der Waals surface area contributed by atoms with E-state index in [1.807, 2.05) is 11.9 Å². The van der Waals surface area contributed by atoms with E-state index in [4.69, 9.17) is 4.74 Å². The average Bonchev–Trinajstić information content (AvgIpc) is 2.66. The highest BCUT2D eigenvalue weighted by Crippen LogP contribution is 2.19. The summed E-state index contributed by atoms with van der Waals surface area (Å²) in [5, 5.41) is 2.68. The van der Waals surface area contributed by atoms with E-state index < -0.39 is 0 Å². The van der Waals surface area contributed by atoms with Gasteiger partial charge in [0.05, 0.1) is 0 Å². The third kappa shape index (κ3) is 3.60. The minimum absolute atomic E-state index is 0.0165. The lowest BCUT2D eigenvalue weighted by molar-refractivity contribution is 0.101. The molecule has 0 radical (unpaired) electrons. The summed E-state index contributed by atoms with van der Waals surface area (Å²) in [6.45, 7) is 3.16. The first-order valence-electron chi connectivity index (χ1n) is 4.81. The van der Waals surface area contributed by atoms with Gasteiger partial charge in [-0.3, -0.25) is 4.79 Å². The molecule has 0 bridgehead atoms. The summed E-state index contributed by atoms with van der Waals surface area (Å²) in [4.78, 5) is 17.3. The molecular formula is C10H16N2O2S. The van der Waals surface area contributed by atoms with Crippen LogP contribution >= 0.6 is 11.3 Å². The number of rotatable bonds is 6. The van der Waals surface area contributed by atoms with Gasteiger partial charge in [-0.25, -0.2) is 4.98 Å². The Morgan fingerprint density at radius 3 is 2.93 bits per heavy atom. The second-order valence-corrected chi connectivity index (χ2v) is 4.18. The summed E-state index contributed by atoms with van der Waals surface area (Å²) in [6, 6.07) is 0. The minimum atomic E-state index is 0.0165. The fraction of sp³-hybridized carbons (Fsp3) is 0.600. The molecule has 1 aromatic rings. The fourth-order valence-corrected chi connectivity index (χ4v) is 2.00. The second-order valence-electron chi connectivity index (χ2n) is 3.34. The van der Waals surface area contributed by atoms with E-state index >= 15 is 0 Å². The first kappa shape index (κ1) is 12.1. The van der Waals surface area contributed by atoms with Crippen LogP contribution < -0.4 is 4.90 Å². The average molecular weight is 228 g/mol. The van der Waals surface area contributed by atoms with Gasteiger partial charge in [0.15, 0.2) is 10.9 Å². The Bertz CT molecular complexity index is 325. The predicted molar refractivity (Wildman–Crippen MR) is 61.9 cm³/mol. The van der Waals surface area contributed by atoms with Crippen molar-refractivity contribution >= 4 is 22.3 Å². The summed E-state index contributed by atoms with van der Waals surface area (Å²) in [6.07, 6.45) is 0.960. The van der Waals surface area contributed by atoms with Crippen molar-refractivity contribution in [2.75, 3.05) is 32.2 Å². The van der Waals surface area contributed by atoms with E-state index in [0.29, 0.717) is 5.69 Å². The van der Waals surface area contributed by atoms with Gasteiger partial charge in [-0.1, -0.05) is 0 Å². The van der Waals surface area contributed by atoms with Gasteiger partial charge in [0, 0.05) is 39.6 Å². The summed E-state index contributed by atoms with van der Waals surface area (Å²) < 4.78 is 4.97. The van der Waals surface area contributed by atoms with Gasteiger partial charge in [-0.2, -0.15) is 0 Å². The standard InChI is InChI=1S/C10H16N2O2S/c1-8(13)9-7-15-10(11-9)12(2)5-4-6-14-3/h7H,4-6H2,1-3H3. The van der Waals surface area contributed by atoms with Crippen LogP contribution in [0.15, 0.2) is 5.38 Å². The number of carbonyl (C=O) groups is 1. The number of ketones is 1. The molecule has 0 spiro atoms. The Morgan fingerprint density at radius 1 is 1.67 bits per heavy atom. The van der Waals surface area contributed by atoms with E-state index in [0.717, 1.165) is 24.7 Å². The maximum atomic E-state index is 11.0. The van der Waals surface area contributed by atoms with Gasteiger partial charge < -0.3 is 9.64 Å². The van der Waals surface area contributed by atoms with Crippen molar-refractivity contribution in [3.8, 4) is 0 Å². The van der Waals surface area contributed by atoms with E-state index in [2.05, 4.69) is 4.98 Å². The molecule has 4 nitrogen and oxygen atoms in total. The molecule has 15 heavy (non-hydrogen) atoms. The van der Waals surface area contributed by atoms with E-state index in [9.17, 15) is 4.79 Å². The Kier molecular flexibility index (Phi) is 4.71. The Hall–Kier alpha value is -0.940. The first-order valence-corrected chi connectivity index (χ1v) is 5.69. The van der Waals surface area contributed by atoms with Gasteiger partial charge in [-0.15, -0.1) is 11.3 Å². The molecule has 0 fully saturated rings. The SMILES string of the molecule is COCCCN(C)c1nc(C(C)=O)cs1. The monoisotopic (exact) mass is 228 g/mol. The molecule has 84 valence electrons. The van der Waals surface area contributed by atoms with Crippen molar-refractivity contribution in [3.05, 3.63) is 11.1 Å². The number of methoxy groups -OCH3 is 1. The van der Waals surface area contributed by atoms with Crippen LogP contribution in [0.4, 0.5) is 5.13 Å². The number of Topliss-reactive ketones (excluding diaryl/α,β-unsaturated/α-hetero) is 1. The third-order valence-electron chi connectivity index (χ3n) is 2.02. The van der Waals surface area contributed by atoms with Gasteiger partial charge >= 0.3 is 0 Å². The maximum Gasteiger partial charge on any atom is 0.185 e. The van der Waals surface area contributed by atoms with Gasteiger partial charge in [0.25, 0.3) is 0 Å². The molecule has 0 amide bonds.